The molecule has 0 aliphatic heterocycles. The van der Waals surface area contributed by atoms with Gasteiger partial charge >= 0.3 is 0 Å². The summed E-state index contributed by atoms with van der Waals surface area (Å²) >= 11 is 0. The Morgan fingerprint density at radius 1 is 1.26 bits per heavy atom. The predicted molar refractivity (Wildman–Crippen MR) is 80.0 cm³/mol. The number of hydrogen-bond donors (Lipinski definition) is 2. The van der Waals surface area contributed by atoms with Crippen LogP contribution in [0.5, 0.6) is 0 Å². The molecule has 1 amide bonds. The monoisotopic (exact) mass is 262 g/mol. The van der Waals surface area contributed by atoms with Gasteiger partial charge in [0, 0.05) is 19.0 Å². The summed E-state index contributed by atoms with van der Waals surface area (Å²) in [6, 6.07) is 10.4. The summed E-state index contributed by atoms with van der Waals surface area (Å²) in [4.78, 5) is 11.7. The summed E-state index contributed by atoms with van der Waals surface area (Å²) in [6.45, 7) is 4.98. The Balaban J connectivity index is 2.21. The van der Waals surface area contributed by atoms with E-state index in [1.54, 1.807) is 0 Å². The second kappa shape index (κ2) is 8.70. The number of carbonyl (C=O) groups excluding carboxylic acids is 1. The fourth-order valence-electron chi connectivity index (χ4n) is 2.16. The van der Waals surface area contributed by atoms with Gasteiger partial charge in [-0.25, -0.2) is 0 Å². The summed E-state index contributed by atoms with van der Waals surface area (Å²) in [7, 11) is 0. The van der Waals surface area contributed by atoms with Crippen LogP contribution in [0, 0.1) is 0 Å². The first-order chi connectivity index (χ1) is 9.13. The van der Waals surface area contributed by atoms with Gasteiger partial charge in [0.1, 0.15) is 0 Å². The number of nitrogens with two attached hydrogens (primary N) is 1. The Bertz CT molecular complexity index is 364. The van der Waals surface area contributed by atoms with E-state index in [1.165, 1.54) is 5.56 Å². The largest absolute Gasteiger partial charge is 0.356 e. The van der Waals surface area contributed by atoms with Crippen molar-refractivity contribution in [2.45, 2.75) is 51.5 Å². The lowest BCUT2D eigenvalue weighted by Gasteiger charge is -2.14. The number of amides is 1. The Kier molecular flexibility index (Phi) is 7.19. The molecule has 0 aliphatic carbocycles. The normalized spacial score (nSPS) is 13.8. The predicted octanol–water partition coefficient (Wildman–Crippen LogP) is 2.81. The number of nitrogens with one attached hydrogen (secondary N) is 1. The maximum atomic E-state index is 11.7. The van der Waals surface area contributed by atoms with Crippen LogP contribution in [0.4, 0.5) is 0 Å². The van der Waals surface area contributed by atoms with Gasteiger partial charge in [0.15, 0.2) is 0 Å². The van der Waals surface area contributed by atoms with Crippen molar-refractivity contribution in [1.82, 2.24) is 5.32 Å². The smallest absolute Gasteiger partial charge is 0.221 e. The highest BCUT2D eigenvalue weighted by Crippen LogP contribution is 2.17. The zero-order valence-electron chi connectivity index (χ0n) is 12.1. The second-order valence-electron chi connectivity index (χ2n) is 5.20. The van der Waals surface area contributed by atoms with Crippen molar-refractivity contribution in [1.29, 1.82) is 0 Å². The van der Waals surface area contributed by atoms with Crippen molar-refractivity contribution in [2.75, 3.05) is 6.54 Å². The van der Waals surface area contributed by atoms with Gasteiger partial charge in [-0.2, -0.15) is 0 Å². The fourth-order valence-corrected chi connectivity index (χ4v) is 2.16. The van der Waals surface area contributed by atoms with Crippen LogP contribution < -0.4 is 11.1 Å². The van der Waals surface area contributed by atoms with Gasteiger partial charge in [-0.05, 0) is 24.3 Å². The van der Waals surface area contributed by atoms with Crippen LogP contribution in [-0.2, 0) is 4.79 Å². The molecule has 3 N–H and O–H groups in total. The number of benzene rings is 1. The fraction of sp³-hybridized carbons (Fsp3) is 0.562. The highest BCUT2D eigenvalue weighted by atomic mass is 16.1. The third-order valence-electron chi connectivity index (χ3n) is 3.38. The van der Waals surface area contributed by atoms with E-state index in [-0.39, 0.29) is 11.9 Å². The van der Waals surface area contributed by atoms with Gasteiger partial charge in [-0.15, -0.1) is 0 Å². The van der Waals surface area contributed by atoms with E-state index >= 15 is 0 Å². The summed E-state index contributed by atoms with van der Waals surface area (Å²) in [5.41, 5.74) is 7.17. The van der Waals surface area contributed by atoms with E-state index in [0.29, 0.717) is 18.9 Å². The van der Waals surface area contributed by atoms with Gasteiger partial charge < -0.3 is 11.1 Å². The quantitative estimate of drug-likeness (QED) is 0.757. The average molecular weight is 262 g/mol. The molecule has 3 nitrogen and oxygen atoms in total. The Morgan fingerprint density at radius 3 is 2.58 bits per heavy atom. The minimum absolute atomic E-state index is 0.00320. The van der Waals surface area contributed by atoms with Crippen molar-refractivity contribution in [3.63, 3.8) is 0 Å². The highest BCUT2D eigenvalue weighted by Gasteiger charge is 2.09. The molecule has 0 radical (unpaired) electrons. The maximum Gasteiger partial charge on any atom is 0.221 e. The average Bonchev–Trinajstić information content (AvgIpc) is 2.39. The van der Waals surface area contributed by atoms with Gasteiger partial charge in [0.25, 0.3) is 0 Å². The van der Waals surface area contributed by atoms with Crippen molar-refractivity contribution in [3.05, 3.63) is 35.9 Å². The molecule has 0 aliphatic rings. The lowest BCUT2D eigenvalue weighted by atomic mass is 9.98. The standard InChI is InChI=1S/C16H26N2O/c1-3-7-15(17)12-16(19)18-11-10-13(2)14-8-5-4-6-9-14/h4-6,8-9,13,15H,3,7,10-12,17H2,1-2H3,(H,18,19). The molecule has 106 valence electrons. The van der Waals surface area contributed by atoms with E-state index in [1.807, 2.05) is 18.2 Å². The molecule has 2 unspecified atom stereocenters. The van der Waals surface area contributed by atoms with Crippen molar-refractivity contribution in [3.8, 4) is 0 Å². The molecule has 0 bridgehead atoms. The van der Waals surface area contributed by atoms with Crippen LogP contribution in [0.15, 0.2) is 30.3 Å². The van der Waals surface area contributed by atoms with Crippen LogP contribution in [0.3, 0.4) is 0 Å². The molecule has 1 aromatic rings. The number of carbonyl (C=O) groups is 1. The molecule has 0 aromatic heterocycles. The summed E-state index contributed by atoms with van der Waals surface area (Å²) in [5.74, 6) is 0.534. The maximum absolute atomic E-state index is 11.7. The third kappa shape index (κ3) is 6.39. The van der Waals surface area contributed by atoms with Crippen molar-refractivity contribution < 1.29 is 4.79 Å². The summed E-state index contributed by atoms with van der Waals surface area (Å²) < 4.78 is 0. The molecule has 0 heterocycles. The lowest BCUT2D eigenvalue weighted by molar-refractivity contribution is -0.121. The van der Waals surface area contributed by atoms with Crippen LogP contribution in [0.25, 0.3) is 0 Å². The molecule has 0 saturated carbocycles. The summed E-state index contributed by atoms with van der Waals surface area (Å²) in [6.07, 6.45) is 3.33. The molecular weight excluding hydrogens is 236 g/mol. The first kappa shape index (κ1) is 15.7. The highest BCUT2D eigenvalue weighted by molar-refractivity contribution is 5.76. The molecule has 0 spiro atoms. The van der Waals surface area contributed by atoms with Crippen LogP contribution in [-0.4, -0.2) is 18.5 Å². The van der Waals surface area contributed by atoms with Gasteiger partial charge in [0.2, 0.25) is 5.91 Å². The first-order valence-electron chi connectivity index (χ1n) is 7.20. The molecule has 0 saturated heterocycles. The van der Waals surface area contributed by atoms with Crippen LogP contribution in [0.2, 0.25) is 0 Å². The van der Waals surface area contributed by atoms with E-state index in [9.17, 15) is 4.79 Å². The number of rotatable bonds is 8. The third-order valence-corrected chi connectivity index (χ3v) is 3.38. The van der Waals surface area contributed by atoms with E-state index in [2.05, 4.69) is 31.3 Å². The minimum Gasteiger partial charge on any atom is -0.356 e. The van der Waals surface area contributed by atoms with Crippen LogP contribution >= 0.6 is 0 Å². The topological polar surface area (TPSA) is 55.1 Å². The van der Waals surface area contributed by atoms with Crippen LogP contribution in [0.1, 0.15) is 51.0 Å². The number of hydrogen-bond acceptors (Lipinski definition) is 2. The SMILES string of the molecule is CCCC(N)CC(=O)NCCC(C)c1ccccc1. The molecule has 1 aromatic carbocycles. The van der Waals surface area contributed by atoms with Crippen molar-refractivity contribution in [2.24, 2.45) is 5.73 Å². The van der Waals surface area contributed by atoms with Crippen molar-refractivity contribution >= 4 is 5.91 Å². The Morgan fingerprint density at radius 2 is 1.95 bits per heavy atom. The Labute approximate surface area is 116 Å². The zero-order valence-corrected chi connectivity index (χ0v) is 12.1. The Hall–Kier alpha value is -1.35. The van der Waals surface area contributed by atoms with Gasteiger partial charge in [-0.1, -0.05) is 50.6 Å². The molecule has 3 heteroatoms. The van der Waals surface area contributed by atoms with E-state index in [4.69, 9.17) is 5.73 Å². The van der Waals surface area contributed by atoms with Gasteiger partial charge in [0.05, 0.1) is 0 Å². The lowest BCUT2D eigenvalue weighted by Crippen LogP contribution is -2.32. The molecular formula is C16H26N2O. The molecule has 0 fully saturated rings. The molecule has 1 rings (SSSR count). The first-order valence-corrected chi connectivity index (χ1v) is 7.20. The van der Waals surface area contributed by atoms with E-state index in [0.717, 1.165) is 19.3 Å². The van der Waals surface area contributed by atoms with Gasteiger partial charge in [-0.3, -0.25) is 4.79 Å². The van der Waals surface area contributed by atoms with E-state index < -0.39 is 0 Å². The second-order valence-corrected chi connectivity index (χ2v) is 5.20. The minimum atomic E-state index is -0.00320. The zero-order chi connectivity index (χ0) is 14.1. The summed E-state index contributed by atoms with van der Waals surface area (Å²) in [5, 5.41) is 2.95. The molecule has 19 heavy (non-hydrogen) atoms. The molecule has 2 atom stereocenters.